The van der Waals surface area contributed by atoms with Crippen molar-refractivity contribution >= 4 is 11.3 Å². The van der Waals surface area contributed by atoms with Crippen LogP contribution in [-0.2, 0) is 13.1 Å². The maximum Gasteiger partial charge on any atom is 0.123 e. The Morgan fingerprint density at radius 2 is 1.71 bits per heavy atom. The molecule has 1 saturated heterocycles. The Bertz CT molecular complexity index is 853. The molecule has 0 aliphatic carbocycles. The summed E-state index contributed by atoms with van der Waals surface area (Å²) in [6, 6.07) is 21.4. The molecule has 1 fully saturated rings. The Morgan fingerprint density at radius 3 is 2.46 bits per heavy atom. The van der Waals surface area contributed by atoms with Crippen molar-refractivity contribution in [2.45, 2.75) is 25.6 Å². The van der Waals surface area contributed by atoms with Crippen LogP contribution in [-0.4, -0.2) is 52.2 Å². The number of thiazole rings is 1. The molecule has 0 bridgehead atoms. The smallest absolute Gasteiger partial charge is 0.123 e. The minimum Gasteiger partial charge on any atom is -0.396 e. The highest BCUT2D eigenvalue weighted by Crippen LogP contribution is 2.26. The molecule has 3 aromatic rings. The van der Waals surface area contributed by atoms with Crippen LogP contribution in [0, 0.1) is 0 Å². The highest BCUT2D eigenvalue weighted by Gasteiger charge is 2.27. The Hall–Kier alpha value is -2.05. The quantitative estimate of drug-likeness (QED) is 0.661. The Morgan fingerprint density at radius 1 is 0.964 bits per heavy atom. The Labute approximate surface area is 171 Å². The third-order valence-corrected chi connectivity index (χ3v) is 6.36. The summed E-state index contributed by atoms with van der Waals surface area (Å²) in [7, 11) is 0. The first-order valence-electron chi connectivity index (χ1n) is 9.93. The van der Waals surface area contributed by atoms with Crippen molar-refractivity contribution in [1.82, 2.24) is 14.8 Å². The molecule has 1 aromatic heterocycles. The minimum atomic E-state index is 0.239. The van der Waals surface area contributed by atoms with Crippen molar-refractivity contribution in [2.24, 2.45) is 0 Å². The van der Waals surface area contributed by atoms with E-state index in [9.17, 15) is 5.11 Å². The minimum absolute atomic E-state index is 0.239. The lowest BCUT2D eigenvalue weighted by molar-refractivity contribution is 0.0504. The zero-order chi connectivity index (χ0) is 19.2. The highest BCUT2D eigenvalue weighted by molar-refractivity contribution is 7.15. The van der Waals surface area contributed by atoms with E-state index in [0.717, 1.165) is 44.2 Å². The second-order valence-corrected chi connectivity index (χ2v) is 8.47. The summed E-state index contributed by atoms with van der Waals surface area (Å²) in [5.74, 6) is 0. The number of aliphatic hydroxyl groups excluding tert-OH is 1. The molecule has 1 aliphatic rings. The van der Waals surface area contributed by atoms with E-state index in [2.05, 4.69) is 69.4 Å². The van der Waals surface area contributed by atoms with E-state index in [4.69, 9.17) is 0 Å². The fourth-order valence-electron chi connectivity index (χ4n) is 3.86. The molecule has 0 radical (unpaired) electrons. The molecule has 5 heteroatoms. The number of benzene rings is 2. The molecule has 2 aromatic carbocycles. The van der Waals surface area contributed by atoms with E-state index in [0.29, 0.717) is 6.04 Å². The standard InChI is InChI=1S/C23H27N3OS/c27-14-11-21-17-25(12-13-26(21)16-19-7-3-1-4-8-19)18-22-15-24-23(28-22)20-9-5-2-6-10-20/h1-10,15,21,27H,11-14,16-18H2/t21-/m1/s1. The molecule has 4 nitrogen and oxygen atoms in total. The van der Waals surface area contributed by atoms with Gasteiger partial charge in [-0.15, -0.1) is 11.3 Å². The second kappa shape index (κ2) is 9.43. The summed E-state index contributed by atoms with van der Waals surface area (Å²) >= 11 is 1.78. The van der Waals surface area contributed by atoms with Gasteiger partial charge in [0.15, 0.2) is 0 Å². The first-order valence-corrected chi connectivity index (χ1v) is 10.7. The van der Waals surface area contributed by atoms with Crippen molar-refractivity contribution in [3.8, 4) is 10.6 Å². The number of aromatic nitrogens is 1. The monoisotopic (exact) mass is 393 g/mol. The largest absolute Gasteiger partial charge is 0.396 e. The lowest BCUT2D eigenvalue weighted by Gasteiger charge is -2.41. The summed E-state index contributed by atoms with van der Waals surface area (Å²) in [5.41, 5.74) is 2.53. The van der Waals surface area contributed by atoms with Crippen molar-refractivity contribution in [3.05, 3.63) is 77.3 Å². The van der Waals surface area contributed by atoms with Gasteiger partial charge in [0.1, 0.15) is 5.01 Å². The predicted molar refractivity (Wildman–Crippen MR) is 115 cm³/mol. The Balaban J connectivity index is 1.38. The second-order valence-electron chi connectivity index (χ2n) is 7.36. The van der Waals surface area contributed by atoms with Crippen LogP contribution >= 0.6 is 11.3 Å². The van der Waals surface area contributed by atoms with Crippen LogP contribution < -0.4 is 0 Å². The molecule has 146 valence electrons. The van der Waals surface area contributed by atoms with E-state index in [1.54, 1.807) is 11.3 Å². The molecule has 0 unspecified atom stereocenters. The average Bonchev–Trinajstić information content (AvgIpc) is 3.20. The average molecular weight is 394 g/mol. The van der Waals surface area contributed by atoms with E-state index < -0.39 is 0 Å². The van der Waals surface area contributed by atoms with Gasteiger partial charge in [-0.25, -0.2) is 4.98 Å². The zero-order valence-corrected chi connectivity index (χ0v) is 16.9. The van der Waals surface area contributed by atoms with E-state index in [-0.39, 0.29) is 6.61 Å². The van der Waals surface area contributed by atoms with Gasteiger partial charge in [0.2, 0.25) is 0 Å². The number of piperazine rings is 1. The number of rotatable bonds is 7. The van der Waals surface area contributed by atoms with Crippen LogP contribution in [0.1, 0.15) is 16.9 Å². The van der Waals surface area contributed by atoms with Crippen molar-refractivity contribution in [3.63, 3.8) is 0 Å². The highest BCUT2D eigenvalue weighted by atomic mass is 32.1. The fraction of sp³-hybridized carbons (Fsp3) is 0.348. The van der Waals surface area contributed by atoms with Gasteiger partial charge in [-0.1, -0.05) is 60.7 Å². The lowest BCUT2D eigenvalue weighted by atomic mass is 10.1. The number of hydrogen-bond acceptors (Lipinski definition) is 5. The number of nitrogens with zero attached hydrogens (tertiary/aromatic N) is 3. The number of aliphatic hydroxyl groups is 1. The SMILES string of the molecule is OCC[C@@H]1CN(Cc2cnc(-c3ccccc3)s2)CCN1Cc1ccccc1. The summed E-state index contributed by atoms with van der Waals surface area (Å²) in [6.07, 6.45) is 2.84. The van der Waals surface area contributed by atoms with E-state index in [1.807, 2.05) is 12.3 Å². The number of hydrogen-bond donors (Lipinski definition) is 1. The lowest BCUT2D eigenvalue weighted by Crippen LogP contribution is -2.52. The van der Waals surface area contributed by atoms with Gasteiger partial charge < -0.3 is 5.11 Å². The molecule has 0 spiro atoms. The van der Waals surface area contributed by atoms with Crippen LogP contribution in [0.2, 0.25) is 0 Å². The molecular weight excluding hydrogens is 366 g/mol. The molecule has 1 N–H and O–H groups in total. The summed E-state index contributed by atoms with van der Waals surface area (Å²) in [5, 5.41) is 10.6. The molecular formula is C23H27N3OS. The van der Waals surface area contributed by atoms with E-state index in [1.165, 1.54) is 16.0 Å². The Kier molecular flexibility index (Phi) is 6.49. The molecule has 28 heavy (non-hydrogen) atoms. The molecule has 1 atom stereocenters. The molecule has 0 amide bonds. The van der Waals surface area contributed by atoms with Crippen LogP contribution in [0.5, 0.6) is 0 Å². The third-order valence-electron chi connectivity index (χ3n) is 5.33. The maximum absolute atomic E-state index is 9.55. The maximum atomic E-state index is 9.55. The molecule has 4 rings (SSSR count). The zero-order valence-electron chi connectivity index (χ0n) is 16.1. The van der Waals surface area contributed by atoms with Crippen LogP contribution in [0.25, 0.3) is 10.6 Å². The van der Waals surface area contributed by atoms with Gasteiger partial charge in [0.25, 0.3) is 0 Å². The van der Waals surface area contributed by atoms with Gasteiger partial charge >= 0.3 is 0 Å². The first kappa shape index (κ1) is 19.3. The van der Waals surface area contributed by atoms with Crippen LogP contribution in [0.15, 0.2) is 66.9 Å². The van der Waals surface area contributed by atoms with Crippen LogP contribution in [0.3, 0.4) is 0 Å². The summed E-state index contributed by atoms with van der Waals surface area (Å²) < 4.78 is 0. The summed E-state index contributed by atoms with van der Waals surface area (Å²) in [6.45, 7) is 5.20. The molecule has 2 heterocycles. The first-order chi connectivity index (χ1) is 13.8. The van der Waals surface area contributed by atoms with Crippen molar-refractivity contribution in [1.29, 1.82) is 0 Å². The van der Waals surface area contributed by atoms with Gasteiger partial charge in [-0.05, 0) is 12.0 Å². The van der Waals surface area contributed by atoms with Crippen LogP contribution in [0.4, 0.5) is 0 Å². The van der Waals surface area contributed by atoms with Gasteiger partial charge in [0, 0.05) is 62.0 Å². The van der Waals surface area contributed by atoms with Gasteiger partial charge in [-0.3, -0.25) is 9.80 Å². The third kappa shape index (κ3) is 4.86. The van der Waals surface area contributed by atoms with Gasteiger partial charge in [-0.2, -0.15) is 0 Å². The van der Waals surface area contributed by atoms with Crippen molar-refractivity contribution in [2.75, 3.05) is 26.2 Å². The molecule has 1 aliphatic heterocycles. The van der Waals surface area contributed by atoms with Crippen molar-refractivity contribution < 1.29 is 5.11 Å². The van der Waals surface area contributed by atoms with E-state index >= 15 is 0 Å². The molecule has 0 saturated carbocycles. The van der Waals surface area contributed by atoms with Gasteiger partial charge in [0.05, 0.1) is 0 Å². The summed E-state index contributed by atoms with van der Waals surface area (Å²) in [4.78, 5) is 10.9. The topological polar surface area (TPSA) is 39.6 Å². The predicted octanol–water partition coefficient (Wildman–Crippen LogP) is 3.88. The normalized spacial score (nSPS) is 18.4. The fourth-order valence-corrected chi connectivity index (χ4v) is 4.83.